The fraction of sp³-hybridized carbons (Fsp3) is 0.238. The lowest BCUT2D eigenvalue weighted by molar-refractivity contribution is -0.121. The molecule has 1 aromatic heterocycles. The first-order valence-corrected chi connectivity index (χ1v) is 8.53. The van der Waals surface area contributed by atoms with Gasteiger partial charge in [-0.3, -0.25) is 9.59 Å². The highest BCUT2D eigenvalue weighted by atomic mass is 16.2. The van der Waals surface area contributed by atoms with E-state index in [2.05, 4.69) is 28.2 Å². The lowest BCUT2D eigenvalue weighted by Crippen LogP contribution is -2.29. The van der Waals surface area contributed by atoms with Crippen LogP contribution < -0.4 is 5.32 Å². The van der Waals surface area contributed by atoms with Gasteiger partial charge < -0.3 is 9.88 Å². The Hall–Kier alpha value is -2.88. The molecule has 0 aliphatic heterocycles. The van der Waals surface area contributed by atoms with Crippen LogP contribution in [0.25, 0.3) is 10.9 Å². The van der Waals surface area contributed by atoms with E-state index in [4.69, 9.17) is 0 Å². The molecule has 0 unspecified atom stereocenters. The van der Waals surface area contributed by atoms with Gasteiger partial charge in [0.15, 0.2) is 5.78 Å². The van der Waals surface area contributed by atoms with E-state index in [1.807, 2.05) is 37.4 Å². The molecular weight excluding hydrogens is 312 g/mol. The first-order chi connectivity index (χ1) is 12.1. The van der Waals surface area contributed by atoms with Gasteiger partial charge in [0.1, 0.15) is 0 Å². The molecule has 3 aromatic rings. The van der Waals surface area contributed by atoms with Crippen molar-refractivity contribution in [2.24, 2.45) is 7.05 Å². The van der Waals surface area contributed by atoms with E-state index in [0.29, 0.717) is 12.0 Å². The lowest BCUT2D eigenvalue weighted by atomic mass is 10.1. The standard InChI is InChI=1S/C21H22N2O2/c1-23-15-17(18-11-5-6-12-19(18)23)10-7-13-21(25)22-14-20(24)16-8-3-2-4-9-16/h2-6,8-9,11-12,15H,7,10,13-14H2,1H3,(H,22,25). The molecule has 0 aliphatic rings. The van der Waals surface area contributed by atoms with Crippen LogP contribution in [-0.4, -0.2) is 22.8 Å². The van der Waals surface area contributed by atoms with Crippen LogP contribution in [0, 0.1) is 0 Å². The molecule has 0 spiro atoms. The van der Waals surface area contributed by atoms with Crippen molar-refractivity contribution in [2.75, 3.05) is 6.54 Å². The molecule has 4 nitrogen and oxygen atoms in total. The van der Waals surface area contributed by atoms with E-state index in [9.17, 15) is 9.59 Å². The lowest BCUT2D eigenvalue weighted by Gasteiger charge is -2.05. The van der Waals surface area contributed by atoms with Crippen LogP contribution in [0.3, 0.4) is 0 Å². The zero-order valence-electron chi connectivity index (χ0n) is 14.4. The Morgan fingerprint density at radius 3 is 2.52 bits per heavy atom. The molecule has 0 saturated heterocycles. The van der Waals surface area contributed by atoms with Crippen LogP contribution in [0.4, 0.5) is 0 Å². The number of nitrogens with one attached hydrogen (secondary N) is 1. The van der Waals surface area contributed by atoms with E-state index < -0.39 is 0 Å². The highest BCUT2D eigenvalue weighted by molar-refractivity contribution is 5.99. The number of ketones is 1. The molecule has 1 amide bonds. The number of nitrogens with zero attached hydrogens (tertiary/aromatic N) is 1. The van der Waals surface area contributed by atoms with Crippen molar-refractivity contribution in [3.8, 4) is 0 Å². The monoisotopic (exact) mass is 334 g/mol. The highest BCUT2D eigenvalue weighted by Gasteiger charge is 2.09. The molecule has 2 aromatic carbocycles. The summed E-state index contributed by atoms with van der Waals surface area (Å²) in [5.74, 6) is -0.146. The molecule has 0 atom stereocenters. The van der Waals surface area contributed by atoms with Crippen molar-refractivity contribution < 1.29 is 9.59 Å². The van der Waals surface area contributed by atoms with Crippen molar-refractivity contribution in [1.29, 1.82) is 0 Å². The van der Waals surface area contributed by atoms with Crippen LogP contribution >= 0.6 is 0 Å². The number of carbonyl (C=O) groups excluding carboxylic acids is 2. The maximum Gasteiger partial charge on any atom is 0.220 e. The number of para-hydroxylation sites is 1. The summed E-state index contributed by atoms with van der Waals surface area (Å²) in [5.41, 5.74) is 3.08. The molecule has 3 rings (SSSR count). The molecule has 1 heterocycles. The largest absolute Gasteiger partial charge is 0.350 e. The molecule has 128 valence electrons. The smallest absolute Gasteiger partial charge is 0.220 e. The van der Waals surface area contributed by atoms with Crippen LogP contribution in [0.1, 0.15) is 28.8 Å². The average Bonchev–Trinajstić information content (AvgIpc) is 2.97. The third-order valence-corrected chi connectivity index (χ3v) is 4.37. The molecule has 4 heteroatoms. The van der Waals surface area contributed by atoms with Gasteiger partial charge in [-0.25, -0.2) is 0 Å². The summed E-state index contributed by atoms with van der Waals surface area (Å²) in [6.45, 7) is 0.0527. The van der Waals surface area contributed by atoms with Gasteiger partial charge in [-0.1, -0.05) is 48.5 Å². The van der Waals surface area contributed by atoms with E-state index in [-0.39, 0.29) is 18.2 Å². The Bertz CT molecular complexity index is 881. The van der Waals surface area contributed by atoms with Crippen molar-refractivity contribution >= 4 is 22.6 Å². The van der Waals surface area contributed by atoms with Gasteiger partial charge in [0.05, 0.1) is 6.54 Å². The quantitative estimate of drug-likeness (QED) is 0.672. The number of hydrogen-bond donors (Lipinski definition) is 1. The van der Waals surface area contributed by atoms with E-state index in [1.165, 1.54) is 16.5 Å². The molecule has 1 N–H and O–H groups in total. The number of hydrogen-bond acceptors (Lipinski definition) is 2. The molecule has 0 bridgehead atoms. The second-order valence-electron chi connectivity index (χ2n) is 6.20. The Labute approximate surface area is 147 Å². The zero-order valence-corrected chi connectivity index (χ0v) is 14.4. The summed E-state index contributed by atoms with van der Waals surface area (Å²) < 4.78 is 2.11. The van der Waals surface area contributed by atoms with Gasteiger partial charge in [0.25, 0.3) is 0 Å². The van der Waals surface area contributed by atoms with Crippen LogP contribution in [0.15, 0.2) is 60.8 Å². The van der Waals surface area contributed by atoms with E-state index in [0.717, 1.165) is 12.8 Å². The SMILES string of the molecule is Cn1cc(CCCC(=O)NCC(=O)c2ccccc2)c2ccccc21. The second-order valence-corrected chi connectivity index (χ2v) is 6.20. The van der Waals surface area contributed by atoms with Gasteiger partial charge in [0, 0.05) is 36.1 Å². The Morgan fingerprint density at radius 2 is 1.72 bits per heavy atom. The molecule has 0 fully saturated rings. The number of benzene rings is 2. The van der Waals surface area contributed by atoms with E-state index >= 15 is 0 Å². The first kappa shape index (κ1) is 17.0. The van der Waals surface area contributed by atoms with Crippen molar-refractivity contribution in [1.82, 2.24) is 9.88 Å². The maximum absolute atomic E-state index is 12.0. The topological polar surface area (TPSA) is 51.1 Å². The van der Waals surface area contributed by atoms with Crippen LogP contribution in [0.2, 0.25) is 0 Å². The summed E-state index contributed by atoms with van der Waals surface area (Å²) in [6, 6.07) is 17.3. The third kappa shape index (κ3) is 4.15. The van der Waals surface area contributed by atoms with Crippen LogP contribution in [0.5, 0.6) is 0 Å². The normalized spacial score (nSPS) is 10.8. The third-order valence-electron chi connectivity index (χ3n) is 4.37. The Morgan fingerprint density at radius 1 is 1.00 bits per heavy atom. The number of Topliss-reactive ketones (excluding diaryl/α,β-unsaturated/α-hetero) is 1. The number of rotatable bonds is 7. The van der Waals surface area contributed by atoms with Crippen molar-refractivity contribution in [3.63, 3.8) is 0 Å². The molecule has 0 aliphatic carbocycles. The highest BCUT2D eigenvalue weighted by Crippen LogP contribution is 2.21. The minimum atomic E-state index is -0.0792. The van der Waals surface area contributed by atoms with Gasteiger partial charge >= 0.3 is 0 Å². The van der Waals surface area contributed by atoms with E-state index in [1.54, 1.807) is 12.1 Å². The maximum atomic E-state index is 12.0. The predicted molar refractivity (Wildman–Crippen MR) is 99.6 cm³/mol. The molecule has 0 saturated carbocycles. The van der Waals surface area contributed by atoms with Crippen LogP contribution in [-0.2, 0) is 18.3 Å². The summed E-state index contributed by atoms with van der Waals surface area (Å²) in [5, 5.41) is 3.96. The van der Waals surface area contributed by atoms with Gasteiger partial charge in [0.2, 0.25) is 5.91 Å². The van der Waals surface area contributed by atoms with Crippen molar-refractivity contribution in [3.05, 3.63) is 71.9 Å². The number of carbonyl (C=O) groups is 2. The minimum Gasteiger partial charge on any atom is -0.350 e. The Kier molecular flexibility index (Phi) is 5.29. The predicted octanol–water partition coefficient (Wildman–Crippen LogP) is 3.50. The summed E-state index contributed by atoms with van der Waals surface area (Å²) in [7, 11) is 2.04. The van der Waals surface area contributed by atoms with Gasteiger partial charge in [-0.15, -0.1) is 0 Å². The fourth-order valence-corrected chi connectivity index (χ4v) is 3.06. The number of fused-ring (bicyclic) bond motifs is 1. The number of amides is 1. The number of aryl methyl sites for hydroxylation is 2. The zero-order chi connectivity index (χ0) is 17.6. The van der Waals surface area contributed by atoms with Crippen molar-refractivity contribution in [2.45, 2.75) is 19.3 Å². The average molecular weight is 334 g/mol. The van der Waals surface area contributed by atoms with Gasteiger partial charge in [-0.05, 0) is 24.5 Å². The minimum absolute atomic E-state index is 0.0527. The summed E-state index contributed by atoms with van der Waals surface area (Å²) >= 11 is 0. The fourth-order valence-electron chi connectivity index (χ4n) is 3.06. The van der Waals surface area contributed by atoms with Gasteiger partial charge in [-0.2, -0.15) is 0 Å². The molecular formula is C21H22N2O2. The number of aromatic nitrogens is 1. The first-order valence-electron chi connectivity index (χ1n) is 8.53. The summed E-state index contributed by atoms with van der Waals surface area (Å²) in [4.78, 5) is 23.9. The molecule has 25 heavy (non-hydrogen) atoms. The Balaban J connectivity index is 1.47. The second kappa shape index (κ2) is 7.79. The summed E-state index contributed by atoms with van der Waals surface area (Å²) in [6.07, 6.45) is 4.16. The molecule has 0 radical (unpaired) electrons.